The Balaban J connectivity index is 2.23. The zero-order valence-corrected chi connectivity index (χ0v) is 12.1. The van der Waals surface area contributed by atoms with Crippen molar-refractivity contribution in [2.45, 2.75) is 12.3 Å². The third kappa shape index (κ3) is 3.33. The Kier molecular flexibility index (Phi) is 4.79. The standard InChI is InChI=1S/C15H13BrClF/c16-10-13(11-5-3-6-14(17)9-11)8-12-4-1-2-7-15(12)18/h1-7,9,13H,8,10H2. The van der Waals surface area contributed by atoms with Gasteiger partial charge in [-0.25, -0.2) is 4.39 Å². The van der Waals surface area contributed by atoms with Crippen molar-refractivity contribution < 1.29 is 4.39 Å². The van der Waals surface area contributed by atoms with Crippen LogP contribution in [0.3, 0.4) is 0 Å². The molecule has 0 saturated heterocycles. The monoisotopic (exact) mass is 326 g/mol. The highest BCUT2D eigenvalue weighted by Gasteiger charge is 2.13. The van der Waals surface area contributed by atoms with Gasteiger partial charge in [0.2, 0.25) is 0 Å². The Hall–Kier alpha value is -0.860. The first kappa shape index (κ1) is 13.6. The lowest BCUT2D eigenvalue weighted by Gasteiger charge is -2.15. The molecule has 2 rings (SSSR count). The summed E-state index contributed by atoms with van der Waals surface area (Å²) in [6.45, 7) is 0. The van der Waals surface area contributed by atoms with E-state index in [0.717, 1.165) is 16.5 Å². The molecule has 2 aromatic rings. The number of rotatable bonds is 4. The van der Waals surface area contributed by atoms with Gasteiger partial charge in [0.25, 0.3) is 0 Å². The van der Waals surface area contributed by atoms with Gasteiger partial charge in [0.05, 0.1) is 0 Å². The van der Waals surface area contributed by atoms with E-state index in [2.05, 4.69) is 15.9 Å². The van der Waals surface area contributed by atoms with Crippen LogP contribution in [0.1, 0.15) is 17.0 Å². The molecule has 0 aliphatic rings. The zero-order valence-electron chi connectivity index (χ0n) is 9.74. The topological polar surface area (TPSA) is 0 Å². The van der Waals surface area contributed by atoms with E-state index in [0.29, 0.717) is 11.4 Å². The fourth-order valence-corrected chi connectivity index (χ4v) is 2.75. The quantitative estimate of drug-likeness (QED) is 0.677. The maximum atomic E-state index is 13.6. The molecule has 0 amide bonds. The lowest BCUT2D eigenvalue weighted by molar-refractivity contribution is 0.599. The van der Waals surface area contributed by atoms with E-state index < -0.39 is 0 Å². The Morgan fingerprint density at radius 1 is 1.11 bits per heavy atom. The van der Waals surface area contributed by atoms with Crippen molar-refractivity contribution >= 4 is 27.5 Å². The van der Waals surface area contributed by atoms with Crippen LogP contribution < -0.4 is 0 Å². The molecule has 0 heterocycles. The number of hydrogen-bond donors (Lipinski definition) is 0. The SMILES string of the molecule is Fc1ccccc1CC(CBr)c1cccc(Cl)c1. The highest BCUT2D eigenvalue weighted by molar-refractivity contribution is 9.09. The molecule has 3 heteroatoms. The second-order valence-corrected chi connectivity index (χ2v) is 5.29. The number of alkyl halides is 1. The van der Waals surface area contributed by atoms with Gasteiger partial charge in [-0.1, -0.05) is 57.9 Å². The van der Waals surface area contributed by atoms with E-state index in [9.17, 15) is 4.39 Å². The maximum absolute atomic E-state index is 13.6. The zero-order chi connectivity index (χ0) is 13.0. The minimum atomic E-state index is -0.148. The summed E-state index contributed by atoms with van der Waals surface area (Å²) in [6, 6.07) is 14.6. The number of halogens is 3. The van der Waals surface area contributed by atoms with Gasteiger partial charge in [-0.05, 0) is 41.7 Å². The maximum Gasteiger partial charge on any atom is 0.126 e. The van der Waals surface area contributed by atoms with E-state index >= 15 is 0 Å². The minimum Gasteiger partial charge on any atom is -0.207 e. The Bertz CT molecular complexity index is 527. The van der Waals surface area contributed by atoms with Crippen LogP contribution in [0.4, 0.5) is 4.39 Å². The molecule has 0 fully saturated rings. The Morgan fingerprint density at radius 2 is 1.89 bits per heavy atom. The van der Waals surface area contributed by atoms with Crippen molar-refractivity contribution in [2.75, 3.05) is 5.33 Å². The third-order valence-corrected chi connectivity index (χ3v) is 3.95. The van der Waals surface area contributed by atoms with Crippen LogP contribution in [0.25, 0.3) is 0 Å². The molecule has 0 aromatic heterocycles. The van der Waals surface area contributed by atoms with Gasteiger partial charge in [0, 0.05) is 10.4 Å². The molecule has 94 valence electrons. The second kappa shape index (κ2) is 6.35. The summed E-state index contributed by atoms with van der Waals surface area (Å²) in [5.74, 6) is 0.0751. The molecule has 1 unspecified atom stereocenters. The van der Waals surface area contributed by atoms with Crippen LogP contribution in [0.5, 0.6) is 0 Å². The van der Waals surface area contributed by atoms with Gasteiger partial charge in [0.1, 0.15) is 5.82 Å². The highest BCUT2D eigenvalue weighted by atomic mass is 79.9. The van der Waals surface area contributed by atoms with Gasteiger partial charge >= 0.3 is 0 Å². The number of benzene rings is 2. The van der Waals surface area contributed by atoms with E-state index in [1.807, 2.05) is 36.4 Å². The normalized spacial score (nSPS) is 12.4. The summed E-state index contributed by atoms with van der Waals surface area (Å²) in [5, 5.41) is 1.49. The fraction of sp³-hybridized carbons (Fsp3) is 0.200. The summed E-state index contributed by atoms with van der Waals surface area (Å²) >= 11 is 9.48. The van der Waals surface area contributed by atoms with Crippen LogP contribution in [0, 0.1) is 5.82 Å². The molecule has 0 aliphatic heterocycles. The van der Waals surface area contributed by atoms with Crippen molar-refractivity contribution in [2.24, 2.45) is 0 Å². The molecule has 18 heavy (non-hydrogen) atoms. The molecular formula is C15H13BrClF. The molecule has 0 nitrogen and oxygen atoms in total. The van der Waals surface area contributed by atoms with Crippen molar-refractivity contribution in [1.82, 2.24) is 0 Å². The summed E-state index contributed by atoms with van der Waals surface area (Å²) < 4.78 is 13.6. The van der Waals surface area contributed by atoms with Crippen molar-refractivity contribution in [3.8, 4) is 0 Å². The van der Waals surface area contributed by atoms with Gasteiger partial charge < -0.3 is 0 Å². The summed E-state index contributed by atoms with van der Waals surface area (Å²) in [7, 11) is 0. The lowest BCUT2D eigenvalue weighted by atomic mass is 9.93. The smallest absolute Gasteiger partial charge is 0.126 e. The first-order chi connectivity index (χ1) is 8.70. The van der Waals surface area contributed by atoms with E-state index in [4.69, 9.17) is 11.6 Å². The molecule has 0 spiro atoms. The fourth-order valence-electron chi connectivity index (χ4n) is 1.95. The minimum absolute atomic E-state index is 0.148. The summed E-state index contributed by atoms with van der Waals surface area (Å²) in [6.07, 6.45) is 0.665. The third-order valence-electron chi connectivity index (χ3n) is 2.93. The molecular weight excluding hydrogens is 315 g/mol. The van der Waals surface area contributed by atoms with Crippen LogP contribution in [0.15, 0.2) is 48.5 Å². The summed E-state index contributed by atoms with van der Waals surface area (Å²) in [5.41, 5.74) is 1.87. The largest absolute Gasteiger partial charge is 0.207 e. The van der Waals surface area contributed by atoms with Gasteiger partial charge in [0.15, 0.2) is 0 Å². The molecule has 0 N–H and O–H groups in total. The molecule has 2 aromatic carbocycles. The average Bonchev–Trinajstić information content (AvgIpc) is 2.38. The van der Waals surface area contributed by atoms with Crippen LogP contribution in [-0.2, 0) is 6.42 Å². The van der Waals surface area contributed by atoms with Gasteiger partial charge in [-0.2, -0.15) is 0 Å². The van der Waals surface area contributed by atoms with Crippen molar-refractivity contribution in [3.05, 3.63) is 70.5 Å². The van der Waals surface area contributed by atoms with E-state index in [1.165, 1.54) is 6.07 Å². The molecule has 1 atom stereocenters. The second-order valence-electron chi connectivity index (χ2n) is 4.20. The Morgan fingerprint density at radius 3 is 2.56 bits per heavy atom. The summed E-state index contributed by atoms with van der Waals surface area (Å²) in [4.78, 5) is 0. The molecule has 0 saturated carbocycles. The van der Waals surface area contributed by atoms with Crippen LogP contribution in [-0.4, -0.2) is 5.33 Å². The Labute approximate surface area is 120 Å². The van der Waals surface area contributed by atoms with Gasteiger partial charge in [-0.15, -0.1) is 0 Å². The van der Waals surface area contributed by atoms with Crippen molar-refractivity contribution in [1.29, 1.82) is 0 Å². The molecule has 0 aliphatic carbocycles. The lowest BCUT2D eigenvalue weighted by Crippen LogP contribution is -2.05. The van der Waals surface area contributed by atoms with E-state index in [-0.39, 0.29) is 11.7 Å². The predicted octanol–water partition coefficient (Wildman–Crippen LogP) is 5.20. The van der Waals surface area contributed by atoms with E-state index in [1.54, 1.807) is 6.07 Å². The molecule has 0 bridgehead atoms. The van der Waals surface area contributed by atoms with Gasteiger partial charge in [-0.3, -0.25) is 0 Å². The highest BCUT2D eigenvalue weighted by Crippen LogP contribution is 2.26. The van der Waals surface area contributed by atoms with Crippen molar-refractivity contribution in [3.63, 3.8) is 0 Å². The molecule has 0 radical (unpaired) electrons. The van der Waals surface area contributed by atoms with Crippen LogP contribution >= 0.6 is 27.5 Å². The van der Waals surface area contributed by atoms with Crippen LogP contribution in [0.2, 0.25) is 5.02 Å². The first-order valence-electron chi connectivity index (χ1n) is 5.75. The predicted molar refractivity (Wildman–Crippen MR) is 78.1 cm³/mol. The first-order valence-corrected chi connectivity index (χ1v) is 7.25. The average molecular weight is 328 g/mol. The number of hydrogen-bond acceptors (Lipinski definition) is 0.